The molecule has 1 saturated heterocycles. The van der Waals surface area contributed by atoms with Crippen LogP contribution in [0.1, 0.15) is 6.42 Å². The van der Waals surface area contributed by atoms with Crippen LogP contribution in [0.2, 0.25) is 10.0 Å². The molecule has 0 bridgehead atoms. The van der Waals surface area contributed by atoms with Crippen molar-refractivity contribution >= 4 is 35.0 Å². The number of amides is 2. The molecule has 8 heteroatoms. The van der Waals surface area contributed by atoms with Crippen molar-refractivity contribution in [3.05, 3.63) is 28.2 Å². The van der Waals surface area contributed by atoms with Gasteiger partial charge < -0.3 is 19.3 Å². The Morgan fingerprint density at radius 2 is 1.67 bits per heavy atom. The van der Waals surface area contributed by atoms with E-state index in [0.717, 1.165) is 6.42 Å². The lowest BCUT2D eigenvalue weighted by molar-refractivity contribution is -0.136. The summed E-state index contributed by atoms with van der Waals surface area (Å²) in [5.41, 5.74) is 0. The highest BCUT2D eigenvalue weighted by molar-refractivity contribution is 6.35. The first kappa shape index (κ1) is 18.8. The molecule has 0 radical (unpaired) electrons. The predicted molar refractivity (Wildman–Crippen MR) is 91.6 cm³/mol. The smallest absolute Gasteiger partial charge is 0.260 e. The van der Waals surface area contributed by atoms with Gasteiger partial charge in [-0.3, -0.25) is 9.59 Å². The molecule has 0 aromatic heterocycles. The normalized spacial score (nSPS) is 15.1. The van der Waals surface area contributed by atoms with Crippen LogP contribution in [-0.2, 0) is 14.3 Å². The zero-order chi connectivity index (χ0) is 17.5. The standard InChI is InChI=1S/C16H20Cl2N2O4/c1-23-10-15(21)19-5-2-6-20(8-7-19)16(22)11-24-14-4-3-12(17)9-13(14)18/h3-4,9H,2,5-8,10-11H2,1H3. The van der Waals surface area contributed by atoms with Gasteiger partial charge >= 0.3 is 0 Å². The van der Waals surface area contributed by atoms with Crippen LogP contribution in [0.5, 0.6) is 5.75 Å². The summed E-state index contributed by atoms with van der Waals surface area (Å²) in [5, 5.41) is 0.870. The summed E-state index contributed by atoms with van der Waals surface area (Å²) >= 11 is 11.8. The molecule has 0 atom stereocenters. The van der Waals surface area contributed by atoms with Crippen LogP contribution in [0.15, 0.2) is 18.2 Å². The van der Waals surface area contributed by atoms with Gasteiger partial charge in [-0.1, -0.05) is 23.2 Å². The maximum absolute atomic E-state index is 12.3. The molecule has 1 fully saturated rings. The molecule has 2 rings (SSSR count). The molecule has 132 valence electrons. The monoisotopic (exact) mass is 374 g/mol. The molecule has 1 aliphatic heterocycles. The second kappa shape index (κ2) is 9.11. The molecule has 1 aliphatic rings. The minimum Gasteiger partial charge on any atom is -0.482 e. The first-order chi connectivity index (χ1) is 11.5. The number of nitrogens with zero attached hydrogens (tertiary/aromatic N) is 2. The summed E-state index contributed by atoms with van der Waals surface area (Å²) in [6.45, 7) is 2.14. The molecular weight excluding hydrogens is 355 g/mol. The van der Waals surface area contributed by atoms with Crippen molar-refractivity contribution in [1.29, 1.82) is 0 Å². The molecule has 0 saturated carbocycles. The number of carbonyl (C=O) groups is 2. The third-order valence-corrected chi connectivity index (χ3v) is 4.24. The van der Waals surface area contributed by atoms with E-state index in [9.17, 15) is 9.59 Å². The van der Waals surface area contributed by atoms with Crippen molar-refractivity contribution in [3.63, 3.8) is 0 Å². The molecule has 1 aromatic rings. The Kier molecular flexibility index (Phi) is 7.15. The molecule has 2 amide bonds. The van der Waals surface area contributed by atoms with Crippen molar-refractivity contribution in [2.45, 2.75) is 6.42 Å². The predicted octanol–water partition coefficient (Wildman–Crippen LogP) is 2.08. The summed E-state index contributed by atoms with van der Waals surface area (Å²) < 4.78 is 10.3. The van der Waals surface area contributed by atoms with E-state index in [1.54, 1.807) is 28.0 Å². The summed E-state index contributed by atoms with van der Waals surface area (Å²) in [5.74, 6) is 0.221. The number of halogens is 2. The van der Waals surface area contributed by atoms with Crippen LogP contribution in [0.4, 0.5) is 0 Å². The zero-order valence-corrected chi connectivity index (χ0v) is 15.0. The highest BCUT2D eigenvalue weighted by atomic mass is 35.5. The topological polar surface area (TPSA) is 59.1 Å². The van der Waals surface area contributed by atoms with E-state index >= 15 is 0 Å². The highest BCUT2D eigenvalue weighted by Crippen LogP contribution is 2.27. The average Bonchev–Trinajstić information content (AvgIpc) is 2.80. The first-order valence-electron chi connectivity index (χ1n) is 7.63. The molecule has 1 heterocycles. The summed E-state index contributed by atoms with van der Waals surface area (Å²) in [7, 11) is 1.49. The lowest BCUT2D eigenvalue weighted by Gasteiger charge is -2.22. The van der Waals surface area contributed by atoms with E-state index in [2.05, 4.69) is 0 Å². The maximum Gasteiger partial charge on any atom is 0.260 e. The SMILES string of the molecule is COCC(=O)N1CCCN(C(=O)COc2ccc(Cl)cc2Cl)CC1. The minimum atomic E-state index is -0.137. The van der Waals surface area contributed by atoms with E-state index in [1.165, 1.54) is 7.11 Å². The van der Waals surface area contributed by atoms with Crippen LogP contribution in [-0.4, -0.2) is 68.1 Å². The number of rotatable bonds is 5. The fraction of sp³-hybridized carbons (Fsp3) is 0.500. The van der Waals surface area contributed by atoms with E-state index in [4.69, 9.17) is 32.7 Å². The van der Waals surface area contributed by atoms with Crippen molar-refractivity contribution in [2.24, 2.45) is 0 Å². The van der Waals surface area contributed by atoms with Gasteiger partial charge in [0.1, 0.15) is 12.4 Å². The van der Waals surface area contributed by atoms with Crippen molar-refractivity contribution < 1.29 is 19.1 Å². The third-order valence-electron chi connectivity index (χ3n) is 3.71. The number of benzene rings is 1. The summed E-state index contributed by atoms with van der Waals surface area (Å²) in [6, 6.07) is 4.85. The lowest BCUT2D eigenvalue weighted by Crippen LogP contribution is -2.40. The van der Waals surface area contributed by atoms with E-state index in [-0.39, 0.29) is 25.0 Å². The average molecular weight is 375 g/mol. The second-order valence-electron chi connectivity index (χ2n) is 5.41. The molecular formula is C16H20Cl2N2O4. The summed E-state index contributed by atoms with van der Waals surface area (Å²) in [6.07, 6.45) is 0.725. The Balaban J connectivity index is 1.85. The Morgan fingerprint density at radius 1 is 1.04 bits per heavy atom. The Hall–Kier alpha value is -1.50. The summed E-state index contributed by atoms with van der Waals surface area (Å²) in [4.78, 5) is 27.6. The van der Waals surface area contributed by atoms with Gasteiger partial charge in [0.25, 0.3) is 5.91 Å². The van der Waals surface area contributed by atoms with Gasteiger partial charge in [0.15, 0.2) is 6.61 Å². The van der Waals surface area contributed by atoms with Crippen LogP contribution in [0.25, 0.3) is 0 Å². The van der Waals surface area contributed by atoms with Gasteiger partial charge in [-0.25, -0.2) is 0 Å². The number of ether oxygens (including phenoxy) is 2. The van der Waals surface area contributed by atoms with Gasteiger partial charge in [0, 0.05) is 38.3 Å². The minimum absolute atomic E-state index is 0.0593. The Bertz CT molecular complexity index is 597. The fourth-order valence-corrected chi connectivity index (χ4v) is 2.92. The zero-order valence-electron chi connectivity index (χ0n) is 13.5. The van der Waals surface area contributed by atoms with Crippen LogP contribution in [0, 0.1) is 0 Å². The van der Waals surface area contributed by atoms with Crippen molar-refractivity contribution in [1.82, 2.24) is 9.80 Å². The van der Waals surface area contributed by atoms with Gasteiger partial charge in [-0.15, -0.1) is 0 Å². The highest BCUT2D eigenvalue weighted by Gasteiger charge is 2.22. The quantitative estimate of drug-likeness (QED) is 0.791. The molecule has 24 heavy (non-hydrogen) atoms. The van der Waals surface area contributed by atoms with Crippen LogP contribution >= 0.6 is 23.2 Å². The lowest BCUT2D eigenvalue weighted by atomic mass is 10.3. The molecule has 0 N–H and O–H groups in total. The Labute approximate surface area is 151 Å². The Morgan fingerprint density at radius 3 is 2.25 bits per heavy atom. The second-order valence-corrected chi connectivity index (χ2v) is 6.26. The van der Waals surface area contributed by atoms with E-state index < -0.39 is 0 Å². The van der Waals surface area contributed by atoms with Crippen molar-refractivity contribution in [2.75, 3.05) is 46.5 Å². The number of carbonyl (C=O) groups excluding carboxylic acids is 2. The van der Waals surface area contributed by atoms with Crippen molar-refractivity contribution in [3.8, 4) is 5.75 Å². The third kappa shape index (κ3) is 5.26. The largest absolute Gasteiger partial charge is 0.482 e. The number of methoxy groups -OCH3 is 1. The van der Waals surface area contributed by atoms with Gasteiger partial charge in [0.2, 0.25) is 5.91 Å². The molecule has 0 unspecified atom stereocenters. The van der Waals surface area contributed by atoms with E-state index in [0.29, 0.717) is 42.0 Å². The van der Waals surface area contributed by atoms with Gasteiger partial charge in [-0.05, 0) is 24.6 Å². The fourth-order valence-electron chi connectivity index (χ4n) is 2.45. The van der Waals surface area contributed by atoms with Gasteiger partial charge in [0.05, 0.1) is 5.02 Å². The van der Waals surface area contributed by atoms with E-state index in [1.807, 2.05) is 0 Å². The molecule has 0 aliphatic carbocycles. The maximum atomic E-state index is 12.3. The van der Waals surface area contributed by atoms with Crippen LogP contribution < -0.4 is 4.74 Å². The molecule has 1 aromatic carbocycles. The number of hydrogen-bond acceptors (Lipinski definition) is 4. The van der Waals surface area contributed by atoms with Crippen LogP contribution in [0.3, 0.4) is 0 Å². The van der Waals surface area contributed by atoms with Gasteiger partial charge in [-0.2, -0.15) is 0 Å². The molecule has 6 nitrogen and oxygen atoms in total. The number of hydrogen-bond donors (Lipinski definition) is 0. The first-order valence-corrected chi connectivity index (χ1v) is 8.39. The molecule has 0 spiro atoms.